The number of cyclic esters (lactones) is 1. The van der Waals surface area contributed by atoms with Crippen LogP contribution in [-0.4, -0.2) is 35.1 Å². The van der Waals surface area contributed by atoms with Crippen molar-refractivity contribution in [1.29, 1.82) is 0 Å². The molecule has 0 amide bonds. The number of hydrogen-bond donors (Lipinski definition) is 1. The fraction of sp³-hybridized carbons (Fsp3) is 0.650. The van der Waals surface area contributed by atoms with Crippen molar-refractivity contribution < 1.29 is 24.4 Å². The Balaban J connectivity index is 1.84. The van der Waals surface area contributed by atoms with Crippen LogP contribution in [0.25, 0.3) is 0 Å². The maximum Gasteiger partial charge on any atom is 0.313 e. The molecule has 5 heteroatoms. The van der Waals surface area contributed by atoms with E-state index in [1.807, 2.05) is 12.2 Å². The van der Waals surface area contributed by atoms with Crippen LogP contribution in [0.4, 0.5) is 0 Å². The lowest BCUT2D eigenvalue weighted by molar-refractivity contribution is -0.297. The predicted octanol–water partition coefficient (Wildman–Crippen LogP) is 3.81. The van der Waals surface area contributed by atoms with Gasteiger partial charge >= 0.3 is 5.97 Å². The molecule has 0 radical (unpaired) electrons. The topological polar surface area (TPSA) is 68.3 Å². The van der Waals surface area contributed by atoms with Crippen LogP contribution in [0.1, 0.15) is 46.5 Å². The van der Waals surface area contributed by atoms with Crippen LogP contribution >= 0.6 is 0 Å². The third-order valence-electron chi connectivity index (χ3n) is 5.71. The molecule has 4 atom stereocenters. The van der Waals surface area contributed by atoms with Gasteiger partial charge in [-0.1, -0.05) is 30.4 Å². The van der Waals surface area contributed by atoms with Gasteiger partial charge in [-0.05, 0) is 52.0 Å². The summed E-state index contributed by atoms with van der Waals surface area (Å²) in [4.78, 5) is 16.8. The SMILES string of the molecule is C=C1CC[C@@H]2O[C@@]2(C)CC[C@@H]2/C(=C\C=C\C(C)(C)OO)COC(=O)[C@@H]12. The fourth-order valence-corrected chi connectivity index (χ4v) is 3.93. The fourth-order valence-electron chi connectivity index (χ4n) is 3.93. The van der Waals surface area contributed by atoms with Crippen LogP contribution < -0.4 is 0 Å². The number of ether oxygens (including phenoxy) is 2. The Morgan fingerprint density at radius 1 is 1.40 bits per heavy atom. The van der Waals surface area contributed by atoms with E-state index < -0.39 is 5.60 Å². The van der Waals surface area contributed by atoms with Crippen molar-refractivity contribution in [3.8, 4) is 0 Å². The van der Waals surface area contributed by atoms with Crippen LogP contribution in [0.15, 0.2) is 36.0 Å². The van der Waals surface area contributed by atoms with E-state index in [4.69, 9.17) is 14.7 Å². The van der Waals surface area contributed by atoms with Crippen LogP contribution in [0.2, 0.25) is 0 Å². The van der Waals surface area contributed by atoms with Gasteiger partial charge in [0.1, 0.15) is 12.2 Å². The second-order valence-corrected chi connectivity index (χ2v) is 8.14. The van der Waals surface area contributed by atoms with Crippen LogP contribution in [0, 0.1) is 11.8 Å². The van der Waals surface area contributed by atoms with Gasteiger partial charge in [-0.15, -0.1) is 0 Å². The average molecular weight is 348 g/mol. The minimum absolute atomic E-state index is 0.0514. The Morgan fingerprint density at radius 3 is 2.88 bits per heavy atom. The largest absolute Gasteiger partial charge is 0.461 e. The van der Waals surface area contributed by atoms with Gasteiger partial charge in [-0.3, -0.25) is 10.1 Å². The monoisotopic (exact) mass is 348 g/mol. The van der Waals surface area contributed by atoms with Gasteiger partial charge in [-0.25, -0.2) is 4.89 Å². The number of epoxide rings is 1. The van der Waals surface area contributed by atoms with E-state index in [9.17, 15) is 4.79 Å². The minimum Gasteiger partial charge on any atom is -0.461 e. The van der Waals surface area contributed by atoms with Crippen molar-refractivity contribution in [1.82, 2.24) is 0 Å². The third kappa shape index (κ3) is 3.89. The highest BCUT2D eigenvalue weighted by atomic mass is 17.1. The van der Waals surface area contributed by atoms with E-state index in [1.165, 1.54) is 0 Å². The molecule has 2 aliphatic heterocycles. The van der Waals surface area contributed by atoms with Crippen molar-refractivity contribution in [2.24, 2.45) is 11.8 Å². The summed E-state index contributed by atoms with van der Waals surface area (Å²) < 4.78 is 11.3. The lowest BCUT2D eigenvalue weighted by Crippen LogP contribution is -2.36. The molecule has 0 unspecified atom stereocenters. The Labute approximate surface area is 149 Å². The maximum atomic E-state index is 12.4. The summed E-state index contributed by atoms with van der Waals surface area (Å²) in [5, 5.41) is 8.88. The summed E-state index contributed by atoms with van der Waals surface area (Å²) in [6.07, 6.45) is 9.43. The molecule has 0 bridgehead atoms. The van der Waals surface area contributed by atoms with Crippen molar-refractivity contribution in [2.45, 2.75) is 63.8 Å². The molecule has 3 fully saturated rings. The van der Waals surface area contributed by atoms with E-state index in [2.05, 4.69) is 18.4 Å². The molecule has 138 valence electrons. The normalized spacial score (nSPS) is 37.8. The summed E-state index contributed by atoms with van der Waals surface area (Å²) in [6.45, 7) is 10.2. The molecule has 25 heavy (non-hydrogen) atoms. The molecule has 0 aromatic carbocycles. The molecule has 0 aromatic heterocycles. The molecule has 5 nitrogen and oxygen atoms in total. The summed E-state index contributed by atoms with van der Waals surface area (Å²) >= 11 is 0. The molecular formula is C20H28O5. The molecule has 1 N–H and O–H groups in total. The molecule has 2 heterocycles. The molecular weight excluding hydrogens is 320 g/mol. The molecule has 3 aliphatic rings. The minimum atomic E-state index is -0.758. The number of rotatable bonds is 3. The van der Waals surface area contributed by atoms with Crippen molar-refractivity contribution >= 4 is 5.97 Å². The lowest BCUT2D eigenvalue weighted by atomic mass is 9.76. The van der Waals surface area contributed by atoms with Gasteiger partial charge in [0.25, 0.3) is 0 Å². The van der Waals surface area contributed by atoms with Gasteiger partial charge in [0, 0.05) is 5.92 Å². The smallest absolute Gasteiger partial charge is 0.313 e. The van der Waals surface area contributed by atoms with Crippen molar-refractivity contribution in [3.63, 3.8) is 0 Å². The van der Waals surface area contributed by atoms with Gasteiger partial charge in [0.2, 0.25) is 0 Å². The van der Waals surface area contributed by atoms with Crippen LogP contribution in [0.5, 0.6) is 0 Å². The Kier molecular flexibility index (Phi) is 4.93. The summed E-state index contributed by atoms with van der Waals surface area (Å²) in [7, 11) is 0. The number of esters is 1. The summed E-state index contributed by atoms with van der Waals surface area (Å²) in [5.74, 6) is -0.329. The lowest BCUT2D eigenvalue weighted by Gasteiger charge is -2.34. The van der Waals surface area contributed by atoms with E-state index in [1.54, 1.807) is 19.9 Å². The molecule has 0 spiro atoms. The van der Waals surface area contributed by atoms with Gasteiger partial charge in [0.15, 0.2) is 0 Å². The van der Waals surface area contributed by atoms with Crippen LogP contribution in [-0.2, 0) is 19.2 Å². The number of hydrogen-bond acceptors (Lipinski definition) is 5. The average Bonchev–Trinajstić information content (AvgIpc) is 3.21. The zero-order chi connectivity index (χ0) is 18.2. The highest BCUT2D eigenvalue weighted by Crippen LogP contribution is 2.49. The number of carbonyl (C=O) groups excluding carboxylic acids is 1. The summed E-state index contributed by atoms with van der Waals surface area (Å²) in [5.41, 5.74) is 1.22. The first-order chi connectivity index (χ1) is 11.8. The third-order valence-corrected chi connectivity index (χ3v) is 5.71. The molecule has 1 aliphatic carbocycles. The first-order valence-electron chi connectivity index (χ1n) is 8.99. The van der Waals surface area contributed by atoms with Crippen molar-refractivity contribution in [2.75, 3.05) is 6.61 Å². The Morgan fingerprint density at radius 2 is 2.16 bits per heavy atom. The van der Waals surface area contributed by atoms with Crippen molar-refractivity contribution in [3.05, 3.63) is 36.0 Å². The van der Waals surface area contributed by atoms with E-state index in [0.29, 0.717) is 6.61 Å². The first kappa shape index (κ1) is 18.4. The number of fused-ring (bicyclic) bond motifs is 2. The Hall–Kier alpha value is -1.43. The van der Waals surface area contributed by atoms with Gasteiger partial charge in [-0.2, -0.15) is 0 Å². The number of carbonyl (C=O) groups is 1. The van der Waals surface area contributed by atoms with E-state index >= 15 is 0 Å². The van der Waals surface area contributed by atoms with Gasteiger partial charge in [0.05, 0.1) is 17.6 Å². The van der Waals surface area contributed by atoms with Gasteiger partial charge < -0.3 is 9.47 Å². The highest BCUT2D eigenvalue weighted by Gasteiger charge is 2.53. The second kappa shape index (κ2) is 6.71. The standard InChI is InChI=1S/C20H28O5/c1-13-7-8-16-20(4,24-16)11-9-15-14(12-23-18(21)17(13)15)6-5-10-19(2,3)25-22/h5-6,10,15-17,22H,1,7-9,11-12H2,2-4H3/b10-5+,14-6-/t15-,16+,17+,20+/m1/s1. The molecule has 0 aromatic rings. The highest BCUT2D eigenvalue weighted by molar-refractivity contribution is 5.78. The quantitative estimate of drug-likeness (QED) is 0.276. The predicted molar refractivity (Wildman–Crippen MR) is 93.8 cm³/mol. The van der Waals surface area contributed by atoms with Crippen LogP contribution in [0.3, 0.4) is 0 Å². The maximum absolute atomic E-state index is 12.4. The second-order valence-electron chi connectivity index (χ2n) is 8.14. The summed E-state index contributed by atoms with van der Waals surface area (Å²) in [6, 6.07) is 0. The molecule has 2 saturated heterocycles. The zero-order valence-corrected chi connectivity index (χ0v) is 15.3. The number of allylic oxidation sites excluding steroid dienone is 2. The van der Waals surface area contributed by atoms with E-state index in [-0.39, 0.29) is 29.5 Å². The Bertz CT molecular complexity index is 618. The molecule has 3 rings (SSSR count). The van der Waals surface area contributed by atoms with E-state index in [0.717, 1.165) is 36.8 Å². The zero-order valence-electron chi connectivity index (χ0n) is 15.3. The molecule has 1 saturated carbocycles. The first-order valence-corrected chi connectivity index (χ1v) is 8.99.